The summed E-state index contributed by atoms with van der Waals surface area (Å²) >= 11 is 3.36. The number of carbonyl (C=O) groups is 1. The first-order valence-corrected chi connectivity index (χ1v) is 6.87. The van der Waals surface area contributed by atoms with E-state index in [1.165, 1.54) is 0 Å². The maximum absolute atomic E-state index is 12.1. The fourth-order valence-electron chi connectivity index (χ4n) is 1.77. The molecule has 4 nitrogen and oxygen atoms in total. The summed E-state index contributed by atoms with van der Waals surface area (Å²) < 4.78 is 10.5. The number of ether oxygens (including phenoxy) is 2. The summed E-state index contributed by atoms with van der Waals surface area (Å²) in [5.41, 5.74) is 0. The molecule has 1 amide bonds. The van der Waals surface area contributed by atoms with Gasteiger partial charge in [-0.15, -0.1) is 0 Å². The second-order valence-corrected chi connectivity index (χ2v) is 4.66. The molecule has 0 saturated carbocycles. The molecule has 0 radical (unpaired) electrons. The van der Waals surface area contributed by atoms with Gasteiger partial charge in [0.15, 0.2) is 0 Å². The van der Waals surface area contributed by atoms with Crippen LogP contribution in [0.1, 0.15) is 19.3 Å². The summed E-state index contributed by atoms with van der Waals surface area (Å²) in [6.45, 7) is 2.64. The van der Waals surface area contributed by atoms with Crippen LogP contribution in [0.15, 0.2) is 0 Å². The molecule has 1 unspecified atom stereocenters. The van der Waals surface area contributed by atoms with E-state index in [0.29, 0.717) is 26.3 Å². The number of nitrogens with zero attached hydrogens (tertiary/aromatic N) is 1. The number of amides is 1. The summed E-state index contributed by atoms with van der Waals surface area (Å²) in [4.78, 5) is 13.9. The third-order valence-electron chi connectivity index (χ3n) is 2.69. The van der Waals surface area contributed by atoms with Gasteiger partial charge in [-0.1, -0.05) is 15.9 Å². The Morgan fingerprint density at radius 2 is 2.31 bits per heavy atom. The SMILES string of the molecule is COCCN(CCBr)C(=O)C1CCCCO1. The first-order valence-electron chi connectivity index (χ1n) is 5.75. The molecule has 1 atom stereocenters. The Balaban J connectivity index is 2.44. The zero-order chi connectivity index (χ0) is 11.8. The molecule has 1 saturated heterocycles. The van der Waals surface area contributed by atoms with Crippen LogP contribution >= 0.6 is 15.9 Å². The molecule has 0 aromatic rings. The minimum absolute atomic E-state index is 0.108. The smallest absolute Gasteiger partial charge is 0.251 e. The van der Waals surface area contributed by atoms with Crippen molar-refractivity contribution < 1.29 is 14.3 Å². The highest BCUT2D eigenvalue weighted by molar-refractivity contribution is 9.09. The van der Waals surface area contributed by atoms with Crippen molar-refractivity contribution in [3.05, 3.63) is 0 Å². The van der Waals surface area contributed by atoms with Crippen molar-refractivity contribution in [1.29, 1.82) is 0 Å². The first kappa shape index (κ1) is 13.9. The van der Waals surface area contributed by atoms with Crippen LogP contribution in [0.25, 0.3) is 0 Å². The molecule has 5 heteroatoms. The predicted octanol–water partition coefficient (Wildman–Crippen LogP) is 1.43. The lowest BCUT2D eigenvalue weighted by Gasteiger charge is -2.28. The van der Waals surface area contributed by atoms with Crippen molar-refractivity contribution >= 4 is 21.8 Å². The Hall–Kier alpha value is -0.130. The molecule has 0 aromatic heterocycles. The van der Waals surface area contributed by atoms with E-state index in [2.05, 4.69) is 15.9 Å². The van der Waals surface area contributed by atoms with Crippen molar-refractivity contribution in [2.75, 3.05) is 38.7 Å². The van der Waals surface area contributed by atoms with Gasteiger partial charge in [0.2, 0.25) is 0 Å². The molecule has 1 aliphatic rings. The normalized spacial score (nSPS) is 20.8. The van der Waals surface area contributed by atoms with E-state index in [4.69, 9.17) is 9.47 Å². The second kappa shape index (κ2) is 8.03. The number of halogens is 1. The first-order chi connectivity index (χ1) is 7.79. The Morgan fingerprint density at radius 3 is 2.88 bits per heavy atom. The number of methoxy groups -OCH3 is 1. The lowest BCUT2D eigenvalue weighted by Crippen LogP contribution is -2.44. The Bertz CT molecular complexity index is 207. The van der Waals surface area contributed by atoms with Gasteiger partial charge in [-0.25, -0.2) is 0 Å². The van der Waals surface area contributed by atoms with E-state index in [1.54, 1.807) is 7.11 Å². The van der Waals surface area contributed by atoms with Crippen LogP contribution in [0.5, 0.6) is 0 Å². The molecule has 16 heavy (non-hydrogen) atoms. The van der Waals surface area contributed by atoms with E-state index in [1.807, 2.05) is 4.90 Å². The van der Waals surface area contributed by atoms with Gasteiger partial charge in [-0.05, 0) is 19.3 Å². The largest absolute Gasteiger partial charge is 0.383 e. The highest BCUT2D eigenvalue weighted by atomic mass is 79.9. The maximum Gasteiger partial charge on any atom is 0.251 e. The van der Waals surface area contributed by atoms with Gasteiger partial charge in [0.25, 0.3) is 5.91 Å². The Labute approximate surface area is 105 Å². The molecule has 1 rings (SSSR count). The van der Waals surface area contributed by atoms with Crippen LogP contribution in [0, 0.1) is 0 Å². The molecule has 0 spiro atoms. The van der Waals surface area contributed by atoms with Crippen molar-refractivity contribution in [2.45, 2.75) is 25.4 Å². The zero-order valence-corrected chi connectivity index (χ0v) is 11.4. The fourth-order valence-corrected chi connectivity index (χ4v) is 2.20. The van der Waals surface area contributed by atoms with E-state index in [0.717, 1.165) is 24.6 Å². The standard InChI is InChI=1S/C11H20BrNO3/c1-15-9-7-13(6-5-12)11(14)10-4-2-3-8-16-10/h10H,2-9H2,1H3. The zero-order valence-electron chi connectivity index (χ0n) is 9.78. The molecule has 1 aliphatic heterocycles. The highest BCUT2D eigenvalue weighted by Gasteiger charge is 2.26. The minimum Gasteiger partial charge on any atom is -0.383 e. The molecule has 0 aromatic carbocycles. The van der Waals surface area contributed by atoms with Gasteiger partial charge in [0.1, 0.15) is 6.10 Å². The van der Waals surface area contributed by atoms with Crippen LogP contribution in [0.4, 0.5) is 0 Å². The quantitative estimate of drug-likeness (QED) is 0.696. The lowest BCUT2D eigenvalue weighted by molar-refractivity contribution is -0.146. The number of hydrogen-bond acceptors (Lipinski definition) is 3. The predicted molar refractivity (Wildman–Crippen MR) is 65.8 cm³/mol. The molecule has 0 N–H and O–H groups in total. The Morgan fingerprint density at radius 1 is 1.50 bits per heavy atom. The molecular weight excluding hydrogens is 274 g/mol. The second-order valence-electron chi connectivity index (χ2n) is 3.86. The van der Waals surface area contributed by atoms with Crippen LogP contribution in [0.3, 0.4) is 0 Å². The van der Waals surface area contributed by atoms with E-state index >= 15 is 0 Å². The van der Waals surface area contributed by atoms with Gasteiger partial charge >= 0.3 is 0 Å². The fraction of sp³-hybridized carbons (Fsp3) is 0.909. The van der Waals surface area contributed by atoms with Gasteiger partial charge in [0.05, 0.1) is 6.61 Å². The number of hydrogen-bond donors (Lipinski definition) is 0. The van der Waals surface area contributed by atoms with E-state index in [-0.39, 0.29) is 12.0 Å². The summed E-state index contributed by atoms with van der Waals surface area (Å²) in [6.07, 6.45) is 2.78. The van der Waals surface area contributed by atoms with E-state index in [9.17, 15) is 4.79 Å². The topological polar surface area (TPSA) is 38.8 Å². The van der Waals surface area contributed by atoms with Gasteiger partial charge in [-0.3, -0.25) is 4.79 Å². The van der Waals surface area contributed by atoms with Crippen molar-refractivity contribution in [2.24, 2.45) is 0 Å². The van der Waals surface area contributed by atoms with E-state index < -0.39 is 0 Å². The molecule has 0 bridgehead atoms. The molecular formula is C11H20BrNO3. The summed E-state index contributed by atoms with van der Waals surface area (Å²) in [5.74, 6) is 0.108. The number of rotatable bonds is 6. The van der Waals surface area contributed by atoms with Crippen LogP contribution in [0.2, 0.25) is 0 Å². The average Bonchev–Trinajstić information content (AvgIpc) is 2.35. The summed E-state index contributed by atoms with van der Waals surface area (Å²) in [6, 6.07) is 0. The van der Waals surface area contributed by atoms with Crippen molar-refractivity contribution in [3.63, 3.8) is 0 Å². The minimum atomic E-state index is -0.232. The van der Waals surface area contributed by atoms with Crippen molar-refractivity contribution in [1.82, 2.24) is 4.90 Å². The van der Waals surface area contributed by atoms with Crippen LogP contribution < -0.4 is 0 Å². The number of carbonyl (C=O) groups excluding carboxylic acids is 1. The number of alkyl halides is 1. The third-order valence-corrected chi connectivity index (χ3v) is 3.04. The maximum atomic E-state index is 12.1. The van der Waals surface area contributed by atoms with Gasteiger partial charge in [-0.2, -0.15) is 0 Å². The van der Waals surface area contributed by atoms with Gasteiger partial charge in [0, 0.05) is 32.1 Å². The monoisotopic (exact) mass is 293 g/mol. The van der Waals surface area contributed by atoms with Crippen molar-refractivity contribution in [3.8, 4) is 0 Å². The molecule has 1 heterocycles. The van der Waals surface area contributed by atoms with Crippen LogP contribution in [-0.4, -0.2) is 55.7 Å². The van der Waals surface area contributed by atoms with Crippen LogP contribution in [-0.2, 0) is 14.3 Å². The summed E-state index contributed by atoms with van der Waals surface area (Å²) in [5, 5.41) is 0.787. The summed E-state index contributed by atoms with van der Waals surface area (Å²) in [7, 11) is 1.65. The molecule has 94 valence electrons. The molecule has 0 aliphatic carbocycles. The van der Waals surface area contributed by atoms with Gasteiger partial charge < -0.3 is 14.4 Å². The molecule has 1 fully saturated rings. The third kappa shape index (κ3) is 4.39. The Kier molecular flexibility index (Phi) is 7.00. The lowest BCUT2D eigenvalue weighted by atomic mass is 10.1. The highest BCUT2D eigenvalue weighted by Crippen LogP contribution is 2.15. The average molecular weight is 294 g/mol.